The lowest BCUT2D eigenvalue weighted by atomic mass is 10.1. The van der Waals surface area contributed by atoms with E-state index in [1.807, 2.05) is 39.1 Å². The van der Waals surface area contributed by atoms with Gasteiger partial charge in [0.25, 0.3) is 0 Å². The van der Waals surface area contributed by atoms with E-state index in [0.29, 0.717) is 17.4 Å². The average molecular weight is 258 g/mol. The molecule has 0 saturated carbocycles. The van der Waals surface area contributed by atoms with Crippen molar-refractivity contribution in [2.75, 3.05) is 26.8 Å². The van der Waals surface area contributed by atoms with Gasteiger partial charge in [-0.05, 0) is 33.0 Å². The van der Waals surface area contributed by atoms with Crippen molar-refractivity contribution in [3.05, 3.63) is 29.3 Å². The molecule has 0 fully saturated rings. The van der Waals surface area contributed by atoms with Crippen LogP contribution in [-0.4, -0.2) is 42.4 Å². The van der Waals surface area contributed by atoms with Crippen molar-refractivity contribution in [2.24, 2.45) is 0 Å². The average Bonchev–Trinajstić information content (AvgIpc) is 2.31. The summed E-state index contributed by atoms with van der Waals surface area (Å²) in [5.41, 5.74) is -0.232. The maximum atomic E-state index is 9.22. The molecule has 3 nitrogen and oxygen atoms in total. The molecule has 17 heavy (non-hydrogen) atoms. The fraction of sp³-hybridized carbons (Fsp3) is 0.538. The highest BCUT2D eigenvalue weighted by atomic mass is 35.5. The van der Waals surface area contributed by atoms with Crippen LogP contribution in [0.4, 0.5) is 0 Å². The smallest absolute Gasteiger partial charge is 0.137 e. The van der Waals surface area contributed by atoms with Gasteiger partial charge in [0, 0.05) is 12.1 Å². The summed E-state index contributed by atoms with van der Waals surface area (Å²) in [5.74, 6) is 0.698. The molecular formula is C13H20ClNO2. The molecule has 0 unspecified atom stereocenters. The zero-order valence-corrected chi connectivity index (χ0v) is 11.4. The van der Waals surface area contributed by atoms with Gasteiger partial charge in [0.2, 0.25) is 0 Å². The molecule has 0 aliphatic carbocycles. The summed E-state index contributed by atoms with van der Waals surface area (Å²) in [6, 6.07) is 7.41. The number of rotatable bonds is 6. The third-order valence-corrected chi connectivity index (χ3v) is 3.25. The van der Waals surface area contributed by atoms with Crippen LogP contribution < -0.4 is 4.74 Å². The molecule has 1 N–H and O–H groups in total. The summed E-state index contributed by atoms with van der Waals surface area (Å²) in [6.45, 7) is 5.38. The number of aliphatic hydroxyl groups is 1. The van der Waals surface area contributed by atoms with Gasteiger partial charge in [-0.25, -0.2) is 0 Å². The van der Waals surface area contributed by atoms with E-state index in [1.165, 1.54) is 0 Å². The largest absolute Gasteiger partial charge is 0.491 e. The predicted octanol–water partition coefficient (Wildman–Crippen LogP) is 2.42. The van der Waals surface area contributed by atoms with Crippen LogP contribution in [0.15, 0.2) is 24.3 Å². The molecule has 0 heterocycles. The van der Waals surface area contributed by atoms with Crippen molar-refractivity contribution in [3.8, 4) is 5.75 Å². The molecule has 1 rings (SSSR count). The quantitative estimate of drug-likeness (QED) is 0.850. The summed E-state index contributed by atoms with van der Waals surface area (Å²) in [5, 5.41) is 9.84. The molecule has 0 aliphatic rings. The number of ether oxygens (including phenoxy) is 1. The minimum absolute atomic E-state index is 0.121. The monoisotopic (exact) mass is 257 g/mol. The maximum absolute atomic E-state index is 9.22. The minimum atomic E-state index is -0.232. The second-order valence-corrected chi connectivity index (χ2v) is 5.08. The number of nitrogens with zero attached hydrogens (tertiary/aromatic N) is 1. The van der Waals surface area contributed by atoms with E-state index in [-0.39, 0.29) is 12.1 Å². The van der Waals surface area contributed by atoms with Gasteiger partial charge in [0.1, 0.15) is 12.4 Å². The second kappa shape index (κ2) is 6.24. The molecule has 96 valence electrons. The molecule has 0 atom stereocenters. The molecule has 4 heteroatoms. The fourth-order valence-corrected chi connectivity index (χ4v) is 1.47. The van der Waals surface area contributed by atoms with Crippen molar-refractivity contribution < 1.29 is 9.84 Å². The molecule has 0 radical (unpaired) electrons. The van der Waals surface area contributed by atoms with Crippen LogP contribution in [0.1, 0.15) is 13.8 Å². The maximum Gasteiger partial charge on any atom is 0.137 e. The van der Waals surface area contributed by atoms with Crippen molar-refractivity contribution >= 4 is 11.6 Å². The Morgan fingerprint density at radius 2 is 2.00 bits per heavy atom. The van der Waals surface area contributed by atoms with Gasteiger partial charge in [0.05, 0.1) is 11.6 Å². The Kier molecular flexibility index (Phi) is 5.25. The van der Waals surface area contributed by atoms with Crippen molar-refractivity contribution in [3.63, 3.8) is 0 Å². The van der Waals surface area contributed by atoms with Crippen molar-refractivity contribution in [1.29, 1.82) is 0 Å². The highest BCUT2D eigenvalue weighted by Crippen LogP contribution is 2.23. The molecule has 0 aromatic heterocycles. The number of halogens is 1. The Labute approximate surface area is 108 Å². The van der Waals surface area contributed by atoms with Crippen LogP contribution >= 0.6 is 11.6 Å². The molecule has 0 bridgehead atoms. The number of hydrogen-bond donors (Lipinski definition) is 1. The highest BCUT2D eigenvalue weighted by Gasteiger charge is 2.21. The van der Waals surface area contributed by atoms with Crippen LogP contribution in [0.25, 0.3) is 0 Å². The molecule has 0 saturated heterocycles. The van der Waals surface area contributed by atoms with Crippen molar-refractivity contribution in [1.82, 2.24) is 4.90 Å². The van der Waals surface area contributed by atoms with Gasteiger partial charge >= 0.3 is 0 Å². The summed E-state index contributed by atoms with van der Waals surface area (Å²) in [7, 11) is 1.96. The van der Waals surface area contributed by atoms with Gasteiger partial charge in [-0.1, -0.05) is 23.7 Å². The number of para-hydroxylation sites is 1. The van der Waals surface area contributed by atoms with Gasteiger partial charge in [-0.3, -0.25) is 4.90 Å². The zero-order valence-electron chi connectivity index (χ0n) is 10.6. The highest BCUT2D eigenvalue weighted by molar-refractivity contribution is 6.32. The van der Waals surface area contributed by atoms with Gasteiger partial charge in [0.15, 0.2) is 0 Å². The first-order valence-corrected chi connectivity index (χ1v) is 6.04. The minimum Gasteiger partial charge on any atom is -0.491 e. The Hall–Kier alpha value is -0.770. The molecule has 0 amide bonds. The van der Waals surface area contributed by atoms with Crippen LogP contribution in [-0.2, 0) is 0 Å². The van der Waals surface area contributed by atoms with E-state index in [1.54, 1.807) is 6.07 Å². The standard InChI is InChI=1S/C13H20ClNO2/c1-13(2,10-16)15(3)8-9-17-12-7-5-4-6-11(12)14/h4-7,16H,8-10H2,1-3H3. The normalized spacial score (nSPS) is 11.9. The molecular weight excluding hydrogens is 238 g/mol. The SMILES string of the molecule is CN(CCOc1ccccc1Cl)C(C)(C)CO. The van der Waals surface area contributed by atoms with Crippen LogP contribution in [0.3, 0.4) is 0 Å². The summed E-state index contributed by atoms with van der Waals surface area (Å²) in [6.07, 6.45) is 0. The lowest BCUT2D eigenvalue weighted by Gasteiger charge is -2.33. The third-order valence-electron chi connectivity index (χ3n) is 2.94. The van der Waals surface area contributed by atoms with Crippen LogP contribution in [0, 0.1) is 0 Å². The summed E-state index contributed by atoms with van der Waals surface area (Å²) < 4.78 is 5.59. The first kappa shape index (κ1) is 14.3. The van der Waals surface area contributed by atoms with Crippen molar-refractivity contribution in [2.45, 2.75) is 19.4 Å². The van der Waals surface area contributed by atoms with Gasteiger partial charge < -0.3 is 9.84 Å². The molecule has 0 aliphatic heterocycles. The van der Waals surface area contributed by atoms with Gasteiger partial charge in [-0.15, -0.1) is 0 Å². The van der Waals surface area contributed by atoms with E-state index in [9.17, 15) is 5.11 Å². The predicted molar refractivity (Wildman–Crippen MR) is 70.7 cm³/mol. The zero-order chi connectivity index (χ0) is 12.9. The summed E-state index contributed by atoms with van der Waals surface area (Å²) in [4.78, 5) is 2.06. The first-order valence-electron chi connectivity index (χ1n) is 5.67. The molecule has 1 aromatic carbocycles. The fourth-order valence-electron chi connectivity index (χ4n) is 1.28. The lowest BCUT2D eigenvalue weighted by Crippen LogP contribution is -2.45. The first-order chi connectivity index (χ1) is 7.97. The molecule has 1 aromatic rings. The third kappa shape index (κ3) is 4.19. The van der Waals surface area contributed by atoms with Crippen LogP contribution in [0.2, 0.25) is 5.02 Å². The van der Waals surface area contributed by atoms with Crippen LogP contribution in [0.5, 0.6) is 5.75 Å². The Balaban J connectivity index is 2.41. The number of hydrogen-bond acceptors (Lipinski definition) is 3. The number of aliphatic hydroxyl groups excluding tert-OH is 1. The van der Waals surface area contributed by atoms with E-state index in [0.717, 1.165) is 6.54 Å². The van der Waals surface area contributed by atoms with E-state index >= 15 is 0 Å². The Morgan fingerprint density at radius 1 is 1.35 bits per heavy atom. The lowest BCUT2D eigenvalue weighted by molar-refractivity contribution is 0.0679. The number of likely N-dealkylation sites (N-methyl/N-ethyl adjacent to an activating group) is 1. The summed E-state index contributed by atoms with van der Waals surface area (Å²) >= 11 is 5.98. The van der Waals surface area contributed by atoms with E-state index in [2.05, 4.69) is 4.90 Å². The van der Waals surface area contributed by atoms with E-state index in [4.69, 9.17) is 16.3 Å². The van der Waals surface area contributed by atoms with Gasteiger partial charge in [-0.2, -0.15) is 0 Å². The number of benzene rings is 1. The Morgan fingerprint density at radius 3 is 2.59 bits per heavy atom. The topological polar surface area (TPSA) is 32.7 Å². The molecule has 0 spiro atoms. The van der Waals surface area contributed by atoms with E-state index < -0.39 is 0 Å². The second-order valence-electron chi connectivity index (χ2n) is 4.67. The Bertz CT molecular complexity index is 355.